The summed E-state index contributed by atoms with van der Waals surface area (Å²) in [5.74, 6) is -3.73. The number of carbonyl (C=O) groups is 3. The summed E-state index contributed by atoms with van der Waals surface area (Å²) in [5, 5.41) is 4.23. The Bertz CT molecular complexity index is 997. The van der Waals surface area contributed by atoms with E-state index in [2.05, 4.69) is 5.32 Å². The van der Waals surface area contributed by atoms with Crippen LogP contribution in [0.5, 0.6) is 0 Å². The minimum Gasteiger partial charge on any atom is -0.346 e. The molecule has 10 heteroatoms. The molecule has 0 aliphatic carbocycles. The second-order valence-electron chi connectivity index (χ2n) is 7.45. The van der Waals surface area contributed by atoms with Gasteiger partial charge in [0.2, 0.25) is 11.8 Å². The van der Waals surface area contributed by atoms with Crippen molar-refractivity contribution < 1.29 is 27.6 Å². The van der Waals surface area contributed by atoms with E-state index in [9.17, 15) is 27.6 Å². The summed E-state index contributed by atoms with van der Waals surface area (Å²) in [7, 11) is 1.58. The largest absolute Gasteiger partial charge is 0.405 e. The third-order valence-corrected chi connectivity index (χ3v) is 5.16. The molecule has 3 rings (SSSR count). The maximum Gasteiger partial charge on any atom is 0.405 e. The fourth-order valence-electron chi connectivity index (χ4n) is 3.40. The number of hydrogen-bond acceptors (Lipinski definition) is 4. The lowest BCUT2D eigenvalue weighted by Crippen LogP contribution is -2.53. The molecule has 0 aromatic heterocycles. The maximum absolute atomic E-state index is 13.1. The predicted molar refractivity (Wildman–Crippen MR) is 113 cm³/mol. The van der Waals surface area contributed by atoms with Crippen LogP contribution in [-0.4, -0.2) is 50.1 Å². The molecular formula is C22H23F3N4O3. The first-order valence-corrected chi connectivity index (χ1v) is 9.92. The van der Waals surface area contributed by atoms with E-state index in [1.165, 1.54) is 11.8 Å². The van der Waals surface area contributed by atoms with Crippen molar-refractivity contribution in [3.63, 3.8) is 0 Å². The monoisotopic (exact) mass is 448 g/mol. The van der Waals surface area contributed by atoms with E-state index in [1.807, 2.05) is 47.4 Å². The van der Waals surface area contributed by atoms with Crippen molar-refractivity contribution in [2.45, 2.75) is 19.1 Å². The lowest BCUT2D eigenvalue weighted by Gasteiger charge is -2.27. The molecule has 0 bridgehead atoms. The number of halogens is 3. The highest BCUT2D eigenvalue weighted by molar-refractivity contribution is 6.06. The van der Waals surface area contributed by atoms with Crippen LogP contribution in [0.15, 0.2) is 54.6 Å². The van der Waals surface area contributed by atoms with Crippen LogP contribution >= 0.6 is 0 Å². The zero-order valence-electron chi connectivity index (χ0n) is 17.5. The first-order valence-electron chi connectivity index (χ1n) is 9.92. The first kappa shape index (κ1) is 23.1. The molecule has 1 aliphatic heterocycles. The number of para-hydroxylation sites is 3. The van der Waals surface area contributed by atoms with Gasteiger partial charge in [0.1, 0.15) is 18.5 Å². The summed E-state index contributed by atoms with van der Waals surface area (Å²) < 4.78 is 37.1. The summed E-state index contributed by atoms with van der Waals surface area (Å²) in [6, 6.07) is 15.5. The smallest absolute Gasteiger partial charge is 0.346 e. The number of rotatable bonds is 5. The Morgan fingerprint density at radius 2 is 1.62 bits per heavy atom. The van der Waals surface area contributed by atoms with Crippen LogP contribution in [0.25, 0.3) is 0 Å². The van der Waals surface area contributed by atoms with E-state index in [-0.39, 0.29) is 6.54 Å². The fraction of sp³-hybridized carbons (Fsp3) is 0.318. The average Bonchev–Trinajstić information content (AvgIpc) is 2.87. The minimum atomic E-state index is -4.59. The number of fused-ring (bicyclic) bond motifs is 1. The molecule has 3 amide bonds. The number of likely N-dealkylation sites (N-methyl/N-ethyl adjacent to an activating group) is 1. The molecule has 0 fully saturated rings. The molecule has 2 atom stereocenters. The number of anilines is 3. The molecule has 0 radical (unpaired) electrons. The molecule has 0 saturated carbocycles. The van der Waals surface area contributed by atoms with E-state index in [0.29, 0.717) is 5.69 Å². The van der Waals surface area contributed by atoms with Gasteiger partial charge in [-0.25, -0.2) is 0 Å². The summed E-state index contributed by atoms with van der Waals surface area (Å²) in [6.45, 7) is -0.270. The van der Waals surface area contributed by atoms with Gasteiger partial charge in [0.25, 0.3) is 5.91 Å². The van der Waals surface area contributed by atoms with Gasteiger partial charge in [-0.1, -0.05) is 30.3 Å². The van der Waals surface area contributed by atoms with E-state index in [1.54, 1.807) is 24.5 Å². The Morgan fingerprint density at radius 1 is 1.03 bits per heavy atom. The normalized spacial score (nSPS) is 17.3. The maximum atomic E-state index is 13.1. The Hall–Kier alpha value is -3.56. The average molecular weight is 448 g/mol. The quantitative estimate of drug-likeness (QED) is 0.689. The van der Waals surface area contributed by atoms with Gasteiger partial charge in [0.05, 0.1) is 17.9 Å². The van der Waals surface area contributed by atoms with Gasteiger partial charge in [-0.2, -0.15) is 13.2 Å². The molecule has 0 spiro atoms. The van der Waals surface area contributed by atoms with Crippen molar-refractivity contribution in [2.24, 2.45) is 5.92 Å². The van der Waals surface area contributed by atoms with Gasteiger partial charge in [0, 0.05) is 12.7 Å². The molecule has 2 unspecified atom stereocenters. The molecule has 2 aromatic carbocycles. The van der Waals surface area contributed by atoms with E-state index in [4.69, 9.17) is 0 Å². The van der Waals surface area contributed by atoms with Crippen LogP contribution in [0, 0.1) is 5.92 Å². The van der Waals surface area contributed by atoms with Gasteiger partial charge >= 0.3 is 6.18 Å². The highest BCUT2D eigenvalue weighted by Crippen LogP contribution is 2.36. The van der Waals surface area contributed by atoms with Crippen LogP contribution in [0.1, 0.15) is 6.92 Å². The van der Waals surface area contributed by atoms with Crippen LogP contribution in [0.4, 0.5) is 30.2 Å². The van der Waals surface area contributed by atoms with E-state index < -0.39 is 42.4 Å². The Labute approximate surface area is 183 Å². The molecule has 2 N–H and O–H groups in total. The lowest BCUT2D eigenvalue weighted by atomic mass is 10.1. The summed E-state index contributed by atoms with van der Waals surface area (Å²) in [5.41, 5.74) is 2.18. The fourth-order valence-corrected chi connectivity index (χ4v) is 3.40. The van der Waals surface area contributed by atoms with Crippen molar-refractivity contribution >= 4 is 34.8 Å². The molecule has 0 saturated heterocycles. The van der Waals surface area contributed by atoms with E-state index >= 15 is 0 Å². The van der Waals surface area contributed by atoms with E-state index in [0.717, 1.165) is 11.4 Å². The molecule has 2 aromatic rings. The third-order valence-electron chi connectivity index (χ3n) is 5.16. The van der Waals surface area contributed by atoms with Crippen molar-refractivity contribution in [1.82, 2.24) is 10.6 Å². The number of amides is 3. The number of benzene rings is 2. The highest BCUT2D eigenvalue weighted by Gasteiger charge is 2.36. The first-order chi connectivity index (χ1) is 15.1. The predicted octanol–water partition coefficient (Wildman–Crippen LogP) is 2.60. The molecule has 32 heavy (non-hydrogen) atoms. The topological polar surface area (TPSA) is 81.8 Å². The standard InChI is InChI=1S/C22H23F3N4O3/c1-14(19(30)26-13-22(23,24)25)20(31)27-16-12-29(15-8-4-3-5-9-15)18-11-7-6-10-17(18)28(2)21(16)32/h3-11,14,16H,12-13H2,1-2H3,(H,26,30)(H,27,31). The van der Waals surface area contributed by atoms with Gasteiger partial charge in [0.15, 0.2) is 0 Å². The van der Waals surface area contributed by atoms with Crippen LogP contribution < -0.4 is 20.4 Å². The Kier molecular flexibility index (Phi) is 6.71. The SMILES string of the molecule is CC(C(=O)NCC(F)(F)F)C(=O)NC1CN(c2ccccc2)c2ccccc2N(C)C1=O. The highest BCUT2D eigenvalue weighted by atomic mass is 19.4. The Balaban J connectivity index is 1.83. The van der Waals surface area contributed by atoms with Gasteiger partial charge < -0.3 is 20.4 Å². The van der Waals surface area contributed by atoms with Gasteiger partial charge in [-0.15, -0.1) is 0 Å². The lowest BCUT2D eigenvalue weighted by molar-refractivity contribution is -0.144. The van der Waals surface area contributed by atoms with Gasteiger partial charge in [-0.3, -0.25) is 14.4 Å². The second-order valence-corrected chi connectivity index (χ2v) is 7.45. The molecular weight excluding hydrogens is 425 g/mol. The summed E-state index contributed by atoms with van der Waals surface area (Å²) in [4.78, 5) is 41.0. The second kappa shape index (κ2) is 9.29. The van der Waals surface area contributed by atoms with Crippen molar-refractivity contribution in [2.75, 3.05) is 29.9 Å². The van der Waals surface area contributed by atoms with Crippen molar-refractivity contribution in [3.8, 4) is 0 Å². The molecule has 1 heterocycles. The minimum absolute atomic E-state index is 0.0762. The summed E-state index contributed by atoms with van der Waals surface area (Å²) in [6.07, 6.45) is -4.59. The number of nitrogens with one attached hydrogen (secondary N) is 2. The summed E-state index contributed by atoms with van der Waals surface area (Å²) >= 11 is 0. The van der Waals surface area contributed by atoms with Crippen LogP contribution in [0.3, 0.4) is 0 Å². The number of hydrogen-bond donors (Lipinski definition) is 2. The zero-order chi connectivity index (χ0) is 23.5. The zero-order valence-corrected chi connectivity index (χ0v) is 17.5. The third kappa shape index (κ3) is 5.19. The Morgan fingerprint density at radius 3 is 2.25 bits per heavy atom. The van der Waals surface area contributed by atoms with Crippen molar-refractivity contribution in [1.29, 1.82) is 0 Å². The number of alkyl halides is 3. The number of carbonyl (C=O) groups excluding carboxylic acids is 3. The number of nitrogens with zero attached hydrogens (tertiary/aromatic N) is 2. The van der Waals surface area contributed by atoms with Crippen LogP contribution in [0.2, 0.25) is 0 Å². The molecule has 170 valence electrons. The van der Waals surface area contributed by atoms with Crippen LogP contribution in [-0.2, 0) is 14.4 Å². The van der Waals surface area contributed by atoms with Gasteiger partial charge in [-0.05, 0) is 31.2 Å². The van der Waals surface area contributed by atoms with Crippen molar-refractivity contribution in [3.05, 3.63) is 54.6 Å². The molecule has 7 nitrogen and oxygen atoms in total. The molecule has 1 aliphatic rings.